The molecule has 0 aromatic carbocycles. The molecule has 0 bridgehead atoms. The van der Waals surface area contributed by atoms with Crippen LogP contribution in [0.2, 0.25) is 0 Å². The van der Waals surface area contributed by atoms with Crippen LogP contribution in [0.4, 0.5) is 0 Å². The highest BCUT2D eigenvalue weighted by atomic mass is 16.2. The average Bonchev–Trinajstić information content (AvgIpc) is 2.66. The van der Waals surface area contributed by atoms with E-state index in [9.17, 15) is 14.4 Å². The van der Waals surface area contributed by atoms with Crippen LogP contribution in [-0.4, -0.2) is 29.5 Å². The van der Waals surface area contributed by atoms with E-state index in [0.29, 0.717) is 12.8 Å². The lowest BCUT2D eigenvalue weighted by Gasteiger charge is -2.32. The van der Waals surface area contributed by atoms with Crippen molar-refractivity contribution in [3.8, 4) is 0 Å². The highest BCUT2D eigenvalue weighted by Crippen LogP contribution is 2.52. The monoisotopic (exact) mass is 247 g/mol. The smallest absolute Gasteiger partial charge is 0.236 e. The van der Waals surface area contributed by atoms with E-state index in [0.717, 1.165) is 5.57 Å². The van der Waals surface area contributed by atoms with Gasteiger partial charge in [0.25, 0.3) is 0 Å². The van der Waals surface area contributed by atoms with Crippen LogP contribution < -0.4 is 0 Å². The van der Waals surface area contributed by atoms with Gasteiger partial charge < -0.3 is 0 Å². The van der Waals surface area contributed by atoms with Gasteiger partial charge in [0, 0.05) is 13.5 Å². The van der Waals surface area contributed by atoms with Gasteiger partial charge in [0.05, 0.1) is 11.8 Å². The second-order valence-electron chi connectivity index (χ2n) is 6.37. The van der Waals surface area contributed by atoms with Crippen molar-refractivity contribution < 1.29 is 14.4 Å². The number of ketones is 1. The zero-order valence-electron chi connectivity index (χ0n) is 10.9. The Morgan fingerprint density at radius 2 is 1.89 bits per heavy atom. The lowest BCUT2D eigenvalue weighted by molar-refractivity contribution is -0.138. The average molecular weight is 247 g/mol. The van der Waals surface area contributed by atoms with Crippen LogP contribution in [-0.2, 0) is 14.4 Å². The first-order valence-electron chi connectivity index (χ1n) is 6.39. The number of amides is 2. The maximum absolute atomic E-state index is 12.0. The van der Waals surface area contributed by atoms with Crippen molar-refractivity contribution in [1.29, 1.82) is 0 Å². The maximum atomic E-state index is 12.0. The van der Waals surface area contributed by atoms with E-state index >= 15 is 0 Å². The molecule has 3 atom stereocenters. The van der Waals surface area contributed by atoms with E-state index < -0.39 is 5.92 Å². The number of carbonyl (C=O) groups excluding carboxylic acids is 3. The third-order valence-electron chi connectivity index (χ3n) is 4.80. The number of hydrogen-bond acceptors (Lipinski definition) is 3. The number of carbonyl (C=O) groups is 3. The van der Waals surface area contributed by atoms with Gasteiger partial charge in [0.2, 0.25) is 11.8 Å². The van der Waals surface area contributed by atoms with Gasteiger partial charge in [-0.2, -0.15) is 0 Å². The number of imide groups is 1. The first-order valence-corrected chi connectivity index (χ1v) is 6.39. The van der Waals surface area contributed by atoms with Gasteiger partial charge in [0.1, 0.15) is 0 Å². The lowest BCUT2D eigenvalue weighted by Crippen LogP contribution is -2.30. The molecule has 2 amide bonds. The van der Waals surface area contributed by atoms with Gasteiger partial charge in [-0.05, 0) is 23.3 Å². The molecule has 96 valence electrons. The molecule has 2 fully saturated rings. The Kier molecular flexibility index (Phi) is 2.14. The number of nitrogens with zero attached hydrogens (tertiary/aromatic N) is 1. The highest BCUT2D eigenvalue weighted by molar-refractivity contribution is 6.08. The van der Waals surface area contributed by atoms with Crippen molar-refractivity contribution >= 4 is 17.6 Å². The molecule has 1 saturated heterocycles. The molecule has 0 aromatic heterocycles. The molecule has 1 aliphatic heterocycles. The Morgan fingerprint density at radius 3 is 2.56 bits per heavy atom. The summed E-state index contributed by atoms with van der Waals surface area (Å²) in [7, 11) is 1.53. The minimum Gasteiger partial charge on any atom is -0.295 e. The predicted octanol–water partition coefficient (Wildman–Crippen LogP) is 1.16. The zero-order chi connectivity index (χ0) is 13.2. The lowest BCUT2D eigenvalue weighted by atomic mass is 9.70. The second kappa shape index (κ2) is 3.31. The highest BCUT2D eigenvalue weighted by Gasteiger charge is 2.54. The van der Waals surface area contributed by atoms with Gasteiger partial charge in [-0.1, -0.05) is 19.9 Å². The normalized spacial score (nSPS) is 37.7. The predicted molar refractivity (Wildman–Crippen MR) is 64.4 cm³/mol. The van der Waals surface area contributed by atoms with E-state index in [4.69, 9.17) is 0 Å². The summed E-state index contributed by atoms with van der Waals surface area (Å²) in [5.74, 6) is -0.607. The molecule has 0 aromatic rings. The number of likely N-dealkylation sites (tertiary alicyclic amines) is 1. The molecule has 4 heteroatoms. The molecular formula is C14H17NO3. The first-order chi connectivity index (χ1) is 8.33. The van der Waals surface area contributed by atoms with Gasteiger partial charge in [-0.15, -0.1) is 0 Å². The van der Waals surface area contributed by atoms with E-state index in [1.165, 1.54) is 11.9 Å². The van der Waals surface area contributed by atoms with Crippen LogP contribution in [0, 0.1) is 23.2 Å². The molecule has 0 unspecified atom stereocenters. The molecule has 0 N–H and O–H groups in total. The molecule has 3 aliphatic rings. The summed E-state index contributed by atoms with van der Waals surface area (Å²) < 4.78 is 0. The SMILES string of the molecule is CN1C(=O)[C@H]2C[C@@H]3C(=C[C@H]2C1=O)C(=O)CC3(C)C. The van der Waals surface area contributed by atoms with Crippen molar-refractivity contribution in [1.82, 2.24) is 4.90 Å². The molecule has 2 aliphatic carbocycles. The minimum atomic E-state index is -0.397. The van der Waals surface area contributed by atoms with Gasteiger partial charge in [-0.25, -0.2) is 0 Å². The van der Waals surface area contributed by atoms with Gasteiger partial charge in [-0.3, -0.25) is 19.3 Å². The molecule has 18 heavy (non-hydrogen) atoms. The van der Waals surface area contributed by atoms with Crippen LogP contribution in [0.3, 0.4) is 0 Å². The summed E-state index contributed by atoms with van der Waals surface area (Å²) in [4.78, 5) is 37.2. The molecule has 1 saturated carbocycles. The topological polar surface area (TPSA) is 54.5 Å². The summed E-state index contributed by atoms with van der Waals surface area (Å²) in [5, 5.41) is 0. The van der Waals surface area contributed by atoms with E-state index in [2.05, 4.69) is 13.8 Å². The summed E-state index contributed by atoms with van der Waals surface area (Å²) in [6, 6.07) is 0. The fraction of sp³-hybridized carbons (Fsp3) is 0.643. The fourth-order valence-electron chi connectivity index (χ4n) is 3.70. The quantitative estimate of drug-likeness (QED) is 0.604. The van der Waals surface area contributed by atoms with Crippen molar-refractivity contribution in [2.75, 3.05) is 7.05 Å². The molecule has 4 nitrogen and oxygen atoms in total. The van der Waals surface area contributed by atoms with Crippen molar-refractivity contribution in [2.45, 2.75) is 26.7 Å². The van der Waals surface area contributed by atoms with Gasteiger partial charge >= 0.3 is 0 Å². The summed E-state index contributed by atoms with van der Waals surface area (Å²) in [6.45, 7) is 4.14. The van der Waals surface area contributed by atoms with Crippen molar-refractivity contribution in [3.63, 3.8) is 0 Å². The number of fused-ring (bicyclic) bond motifs is 2. The second-order valence-corrected chi connectivity index (χ2v) is 6.37. The minimum absolute atomic E-state index is 0.0849. The van der Waals surface area contributed by atoms with Crippen LogP contribution in [0.1, 0.15) is 26.7 Å². The third kappa shape index (κ3) is 1.29. The maximum Gasteiger partial charge on any atom is 0.236 e. The number of hydrogen-bond donors (Lipinski definition) is 0. The Bertz CT molecular complexity index is 503. The molecular weight excluding hydrogens is 230 g/mol. The molecule has 3 rings (SSSR count). The number of allylic oxidation sites excluding steroid dienone is 1. The van der Waals surface area contributed by atoms with E-state index in [-0.39, 0.29) is 34.8 Å². The third-order valence-corrected chi connectivity index (χ3v) is 4.80. The van der Waals surface area contributed by atoms with Crippen molar-refractivity contribution in [2.24, 2.45) is 23.2 Å². The zero-order valence-corrected chi connectivity index (χ0v) is 10.9. The summed E-state index contributed by atoms with van der Waals surface area (Å²) >= 11 is 0. The summed E-state index contributed by atoms with van der Waals surface area (Å²) in [5.41, 5.74) is 0.705. The number of rotatable bonds is 0. The Labute approximate surface area is 106 Å². The molecule has 0 spiro atoms. The van der Waals surface area contributed by atoms with Gasteiger partial charge in [0.15, 0.2) is 5.78 Å². The Hall–Kier alpha value is -1.45. The number of Topliss-reactive ketones (excluding diaryl/α,β-unsaturated/α-hetero) is 1. The summed E-state index contributed by atoms with van der Waals surface area (Å²) in [6.07, 6.45) is 2.95. The largest absolute Gasteiger partial charge is 0.295 e. The van der Waals surface area contributed by atoms with Crippen LogP contribution in [0.25, 0.3) is 0 Å². The standard InChI is InChI=1S/C14H17NO3/c1-14(2)6-11(16)9-4-7-8(5-10(9)14)13(18)15(3)12(7)17/h4,7-8,10H,5-6H2,1-3H3/t7-,8+,10-/m1/s1. The fourth-order valence-corrected chi connectivity index (χ4v) is 3.70. The van der Waals surface area contributed by atoms with E-state index in [1.807, 2.05) is 0 Å². The van der Waals surface area contributed by atoms with Crippen molar-refractivity contribution in [3.05, 3.63) is 11.6 Å². The molecule has 0 radical (unpaired) electrons. The first kappa shape index (κ1) is 11.6. The Balaban J connectivity index is 2.05. The van der Waals surface area contributed by atoms with Crippen LogP contribution in [0.15, 0.2) is 11.6 Å². The van der Waals surface area contributed by atoms with Crippen LogP contribution >= 0.6 is 0 Å². The van der Waals surface area contributed by atoms with Crippen LogP contribution in [0.5, 0.6) is 0 Å². The Morgan fingerprint density at radius 1 is 1.22 bits per heavy atom. The van der Waals surface area contributed by atoms with E-state index in [1.54, 1.807) is 6.08 Å². The molecule has 1 heterocycles.